The lowest BCUT2D eigenvalue weighted by molar-refractivity contribution is -0.137. The Balaban J connectivity index is 1.98. The van der Waals surface area contributed by atoms with Gasteiger partial charge in [0.15, 0.2) is 6.10 Å². The number of amides is 1. The maximum atomic E-state index is 12.5. The molecule has 2 aromatic rings. The Labute approximate surface area is 142 Å². The molecule has 0 aliphatic carbocycles. The van der Waals surface area contributed by atoms with Crippen molar-refractivity contribution in [3.05, 3.63) is 54.1 Å². The first-order chi connectivity index (χ1) is 11.5. The molecular weight excluding hydrogens is 306 g/mol. The van der Waals surface area contributed by atoms with Crippen LogP contribution in [0.5, 0.6) is 17.2 Å². The second kappa shape index (κ2) is 8.24. The third kappa shape index (κ3) is 4.41. The maximum Gasteiger partial charge on any atom is 0.263 e. The highest BCUT2D eigenvalue weighted by Gasteiger charge is 2.20. The summed E-state index contributed by atoms with van der Waals surface area (Å²) in [6.45, 7) is 2.20. The lowest BCUT2D eigenvalue weighted by Crippen LogP contribution is -2.37. The van der Waals surface area contributed by atoms with Gasteiger partial charge in [0.1, 0.15) is 17.2 Å². The molecule has 0 bridgehead atoms. The highest BCUT2D eigenvalue weighted by molar-refractivity contribution is 5.80. The number of carbonyl (C=O) groups excluding carboxylic acids is 1. The molecule has 0 aromatic heterocycles. The van der Waals surface area contributed by atoms with Crippen molar-refractivity contribution >= 4 is 5.91 Å². The molecule has 1 unspecified atom stereocenters. The molecular formula is C19H23NO4. The quantitative estimate of drug-likeness (QED) is 0.783. The van der Waals surface area contributed by atoms with Crippen molar-refractivity contribution in [3.63, 3.8) is 0 Å². The van der Waals surface area contributed by atoms with E-state index in [9.17, 15) is 4.79 Å². The van der Waals surface area contributed by atoms with Crippen molar-refractivity contribution in [2.75, 3.05) is 21.3 Å². The average Bonchev–Trinajstić information content (AvgIpc) is 2.62. The molecule has 5 nitrogen and oxygen atoms in total. The van der Waals surface area contributed by atoms with E-state index in [1.165, 1.54) is 0 Å². The molecule has 1 atom stereocenters. The first-order valence-electron chi connectivity index (χ1n) is 7.72. The van der Waals surface area contributed by atoms with E-state index in [1.54, 1.807) is 57.4 Å². The number of hydrogen-bond acceptors (Lipinski definition) is 4. The monoisotopic (exact) mass is 329 g/mol. The summed E-state index contributed by atoms with van der Waals surface area (Å²) < 4.78 is 16.1. The van der Waals surface area contributed by atoms with Crippen LogP contribution < -0.4 is 14.2 Å². The van der Waals surface area contributed by atoms with E-state index in [-0.39, 0.29) is 5.91 Å². The molecule has 0 heterocycles. The lowest BCUT2D eigenvalue weighted by Gasteiger charge is -2.23. The van der Waals surface area contributed by atoms with Gasteiger partial charge in [-0.15, -0.1) is 0 Å². The second-order valence-corrected chi connectivity index (χ2v) is 5.44. The summed E-state index contributed by atoms with van der Waals surface area (Å²) in [4.78, 5) is 14.1. The van der Waals surface area contributed by atoms with E-state index in [1.807, 2.05) is 24.3 Å². The summed E-state index contributed by atoms with van der Waals surface area (Å²) in [7, 11) is 4.98. The Morgan fingerprint density at radius 3 is 2.25 bits per heavy atom. The number of nitrogens with zero attached hydrogens (tertiary/aromatic N) is 1. The van der Waals surface area contributed by atoms with Crippen LogP contribution in [0.4, 0.5) is 0 Å². The van der Waals surface area contributed by atoms with Gasteiger partial charge in [-0.3, -0.25) is 4.79 Å². The second-order valence-electron chi connectivity index (χ2n) is 5.44. The van der Waals surface area contributed by atoms with Crippen LogP contribution in [0.1, 0.15) is 12.5 Å². The number of carbonyl (C=O) groups is 1. The van der Waals surface area contributed by atoms with Crippen LogP contribution in [0.3, 0.4) is 0 Å². The first kappa shape index (κ1) is 17.7. The molecule has 0 N–H and O–H groups in total. The summed E-state index contributed by atoms with van der Waals surface area (Å²) in [5.74, 6) is 2.04. The normalized spacial score (nSPS) is 11.5. The highest BCUT2D eigenvalue weighted by atomic mass is 16.5. The first-order valence-corrected chi connectivity index (χ1v) is 7.72. The molecule has 0 fully saturated rings. The number of para-hydroxylation sites is 1. The van der Waals surface area contributed by atoms with Gasteiger partial charge in [0.05, 0.1) is 14.2 Å². The van der Waals surface area contributed by atoms with Gasteiger partial charge < -0.3 is 19.1 Å². The van der Waals surface area contributed by atoms with E-state index in [0.717, 1.165) is 17.1 Å². The van der Waals surface area contributed by atoms with Gasteiger partial charge in [-0.2, -0.15) is 0 Å². The molecule has 0 spiro atoms. The Bertz CT molecular complexity index is 669. The zero-order valence-electron chi connectivity index (χ0n) is 14.5. The fourth-order valence-corrected chi connectivity index (χ4v) is 2.39. The van der Waals surface area contributed by atoms with Crippen LogP contribution in [0.15, 0.2) is 48.5 Å². The van der Waals surface area contributed by atoms with E-state index in [2.05, 4.69) is 0 Å². The van der Waals surface area contributed by atoms with Gasteiger partial charge in [-0.1, -0.05) is 18.2 Å². The molecule has 0 aliphatic heterocycles. The summed E-state index contributed by atoms with van der Waals surface area (Å²) in [5, 5.41) is 0. The Morgan fingerprint density at radius 2 is 1.62 bits per heavy atom. The molecule has 0 radical (unpaired) electrons. The molecule has 1 amide bonds. The average molecular weight is 329 g/mol. The fourth-order valence-electron chi connectivity index (χ4n) is 2.39. The topological polar surface area (TPSA) is 48.0 Å². The minimum atomic E-state index is -0.585. The standard InChI is InChI=1S/C19H23NO4/c1-14(24-17-11-9-16(22-3)10-12-17)19(21)20(2)13-15-7-5-6-8-18(15)23-4/h5-12,14H,13H2,1-4H3. The molecule has 2 rings (SSSR count). The van der Waals surface area contributed by atoms with Crippen LogP contribution in [0.2, 0.25) is 0 Å². The van der Waals surface area contributed by atoms with Crippen LogP contribution in [-0.2, 0) is 11.3 Å². The Morgan fingerprint density at radius 1 is 1.00 bits per heavy atom. The predicted octanol–water partition coefficient (Wildman–Crippen LogP) is 3.13. The molecule has 24 heavy (non-hydrogen) atoms. The van der Waals surface area contributed by atoms with Gasteiger partial charge in [0, 0.05) is 19.2 Å². The maximum absolute atomic E-state index is 12.5. The lowest BCUT2D eigenvalue weighted by atomic mass is 10.2. The molecule has 128 valence electrons. The van der Waals surface area contributed by atoms with Gasteiger partial charge in [-0.25, -0.2) is 0 Å². The smallest absolute Gasteiger partial charge is 0.263 e. The third-order valence-electron chi connectivity index (χ3n) is 3.70. The number of likely N-dealkylation sites (N-methyl/N-ethyl adjacent to an activating group) is 1. The molecule has 0 aliphatic rings. The predicted molar refractivity (Wildman–Crippen MR) is 92.6 cm³/mol. The van der Waals surface area contributed by atoms with Gasteiger partial charge in [-0.05, 0) is 37.3 Å². The van der Waals surface area contributed by atoms with Crippen molar-refractivity contribution in [2.45, 2.75) is 19.6 Å². The van der Waals surface area contributed by atoms with E-state index < -0.39 is 6.10 Å². The summed E-state index contributed by atoms with van der Waals surface area (Å²) in [6, 6.07) is 14.8. The zero-order chi connectivity index (χ0) is 17.5. The number of methoxy groups -OCH3 is 2. The SMILES string of the molecule is COc1ccc(OC(C)C(=O)N(C)Cc2ccccc2OC)cc1. The number of ether oxygens (including phenoxy) is 3. The van der Waals surface area contributed by atoms with E-state index >= 15 is 0 Å². The van der Waals surface area contributed by atoms with E-state index in [4.69, 9.17) is 14.2 Å². The van der Waals surface area contributed by atoms with Crippen LogP contribution >= 0.6 is 0 Å². The summed E-state index contributed by atoms with van der Waals surface area (Å²) >= 11 is 0. The van der Waals surface area contributed by atoms with Crippen molar-refractivity contribution in [1.29, 1.82) is 0 Å². The summed E-state index contributed by atoms with van der Waals surface area (Å²) in [6.07, 6.45) is -0.585. The largest absolute Gasteiger partial charge is 0.497 e. The van der Waals surface area contributed by atoms with Crippen LogP contribution in [0.25, 0.3) is 0 Å². The zero-order valence-corrected chi connectivity index (χ0v) is 14.5. The highest BCUT2D eigenvalue weighted by Crippen LogP contribution is 2.21. The van der Waals surface area contributed by atoms with Crippen molar-refractivity contribution < 1.29 is 19.0 Å². The fraction of sp³-hybridized carbons (Fsp3) is 0.316. The Kier molecular flexibility index (Phi) is 6.07. The molecule has 0 saturated carbocycles. The van der Waals surface area contributed by atoms with Crippen molar-refractivity contribution in [2.24, 2.45) is 0 Å². The van der Waals surface area contributed by atoms with Gasteiger partial charge >= 0.3 is 0 Å². The minimum absolute atomic E-state index is 0.100. The molecule has 0 saturated heterocycles. The molecule has 2 aromatic carbocycles. The number of rotatable bonds is 7. The minimum Gasteiger partial charge on any atom is -0.497 e. The Hall–Kier alpha value is -2.69. The summed E-state index contributed by atoms with van der Waals surface area (Å²) in [5.41, 5.74) is 0.951. The van der Waals surface area contributed by atoms with Gasteiger partial charge in [0.25, 0.3) is 5.91 Å². The van der Waals surface area contributed by atoms with Crippen LogP contribution in [0, 0.1) is 0 Å². The number of benzene rings is 2. The van der Waals surface area contributed by atoms with Crippen molar-refractivity contribution in [3.8, 4) is 17.2 Å². The van der Waals surface area contributed by atoms with Crippen LogP contribution in [-0.4, -0.2) is 38.2 Å². The van der Waals surface area contributed by atoms with Crippen molar-refractivity contribution in [1.82, 2.24) is 4.90 Å². The number of hydrogen-bond donors (Lipinski definition) is 0. The van der Waals surface area contributed by atoms with Gasteiger partial charge in [0.2, 0.25) is 0 Å². The molecule has 5 heteroatoms. The van der Waals surface area contributed by atoms with E-state index in [0.29, 0.717) is 12.3 Å². The third-order valence-corrected chi connectivity index (χ3v) is 3.70.